The van der Waals surface area contributed by atoms with Crippen LogP contribution < -0.4 is 5.32 Å². The van der Waals surface area contributed by atoms with Gasteiger partial charge in [0.25, 0.3) is 0 Å². The van der Waals surface area contributed by atoms with Crippen LogP contribution in [0.25, 0.3) is 0 Å². The van der Waals surface area contributed by atoms with E-state index < -0.39 is 11.8 Å². The predicted molar refractivity (Wildman–Crippen MR) is 93.9 cm³/mol. The van der Waals surface area contributed by atoms with Crippen molar-refractivity contribution in [2.75, 3.05) is 52.4 Å². The average molecular weight is 361 g/mol. The summed E-state index contributed by atoms with van der Waals surface area (Å²) in [5.41, 5.74) is 0. The molecule has 0 saturated carbocycles. The van der Waals surface area contributed by atoms with Gasteiger partial charge in [0.15, 0.2) is 0 Å². The Bertz CT molecular complexity index is 453. The molecule has 2 rings (SSSR count). The third-order valence-electron chi connectivity index (χ3n) is 4.76. The highest BCUT2D eigenvalue weighted by molar-refractivity contribution is 6.35. The number of carbonyl (C=O) groups is 3. The number of likely N-dealkylation sites (N-methyl/N-ethyl adjacent to an activating group) is 1. The van der Waals surface area contributed by atoms with Gasteiger partial charge in [-0.1, -0.05) is 6.92 Å². The van der Waals surface area contributed by atoms with Crippen molar-refractivity contribution in [2.24, 2.45) is 5.92 Å². The number of piperidine rings is 1. The molecule has 2 heterocycles. The van der Waals surface area contributed by atoms with Crippen LogP contribution in [0.5, 0.6) is 0 Å². The predicted octanol–water partition coefficient (Wildman–Crippen LogP) is -0.0530. The zero-order valence-corrected chi connectivity index (χ0v) is 15.4. The van der Waals surface area contributed by atoms with E-state index in [4.69, 9.17) is 0 Å². The Morgan fingerprint density at radius 3 is 2.21 bits per heavy atom. The monoisotopic (exact) mass is 360 g/mol. The van der Waals surface area contributed by atoms with Crippen molar-refractivity contribution in [1.29, 1.82) is 0 Å². The third-order valence-corrected chi connectivity index (χ3v) is 4.76. The first kappa shape index (κ1) is 20.7. The Hall–Kier alpha value is -1.34. The second-order valence-corrected chi connectivity index (χ2v) is 6.24. The van der Waals surface area contributed by atoms with Gasteiger partial charge in [-0.05, 0) is 38.8 Å². The maximum Gasteiger partial charge on any atom is 0.312 e. The minimum absolute atomic E-state index is 0. The van der Waals surface area contributed by atoms with Gasteiger partial charge in [0.05, 0.1) is 0 Å². The summed E-state index contributed by atoms with van der Waals surface area (Å²) in [4.78, 5) is 41.0. The summed E-state index contributed by atoms with van der Waals surface area (Å²) < 4.78 is 0. The number of nitrogens with zero attached hydrogens (tertiary/aromatic N) is 3. The summed E-state index contributed by atoms with van der Waals surface area (Å²) in [6.07, 6.45) is 1.99. The van der Waals surface area contributed by atoms with E-state index in [-0.39, 0.29) is 24.9 Å². The molecule has 0 aromatic rings. The highest BCUT2D eigenvalue weighted by Gasteiger charge is 2.33. The quantitative estimate of drug-likeness (QED) is 0.674. The number of rotatable bonds is 6. The maximum atomic E-state index is 12.4. The number of piperazine rings is 1. The number of likely N-dealkylation sites (tertiary alicyclic amines) is 1. The van der Waals surface area contributed by atoms with Gasteiger partial charge < -0.3 is 20.0 Å². The van der Waals surface area contributed by atoms with Crippen LogP contribution in [0, 0.1) is 5.92 Å². The first-order valence-electron chi connectivity index (χ1n) is 8.63. The van der Waals surface area contributed by atoms with Crippen molar-refractivity contribution in [3.8, 4) is 0 Å². The van der Waals surface area contributed by atoms with E-state index in [0.717, 1.165) is 39.0 Å². The molecule has 138 valence electrons. The number of carbonyl (C=O) groups excluding carboxylic acids is 3. The van der Waals surface area contributed by atoms with Gasteiger partial charge in [0, 0.05) is 32.7 Å². The molecule has 7 nitrogen and oxygen atoms in total. The lowest BCUT2D eigenvalue weighted by Crippen LogP contribution is -2.56. The number of hydrogen-bond donors (Lipinski definition) is 1. The molecule has 0 radical (unpaired) electrons. The highest BCUT2D eigenvalue weighted by atomic mass is 35.5. The first-order valence-corrected chi connectivity index (χ1v) is 8.63. The largest absolute Gasteiger partial charge is 0.341 e. The Kier molecular flexibility index (Phi) is 8.48. The molecule has 0 aromatic heterocycles. The number of nitrogens with one attached hydrogen (secondary N) is 1. The van der Waals surface area contributed by atoms with Crippen molar-refractivity contribution in [2.45, 2.75) is 26.7 Å². The summed E-state index contributed by atoms with van der Waals surface area (Å²) in [5, 5.41) is 3.35. The molecular weight excluding hydrogens is 332 g/mol. The minimum Gasteiger partial charge on any atom is -0.341 e. The Balaban J connectivity index is 0.00000288. The molecule has 2 aliphatic rings. The number of amides is 3. The fourth-order valence-corrected chi connectivity index (χ4v) is 3.17. The van der Waals surface area contributed by atoms with Crippen LogP contribution in [0.15, 0.2) is 0 Å². The van der Waals surface area contributed by atoms with Gasteiger partial charge in [-0.25, -0.2) is 0 Å². The fraction of sp³-hybridized carbons (Fsp3) is 0.812. The van der Waals surface area contributed by atoms with E-state index in [1.165, 1.54) is 9.80 Å². The molecule has 0 aliphatic carbocycles. The average Bonchev–Trinajstić information content (AvgIpc) is 2.57. The molecule has 0 unspecified atom stereocenters. The second-order valence-electron chi connectivity index (χ2n) is 6.24. The van der Waals surface area contributed by atoms with E-state index >= 15 is 0 Å². The molecule has 3 amide bonds. The van der Waals surface area contributed by atoms with Gasteiger partial charge in [0.1, 0.15) is 6.54 Å². The van der Waals surface area contributed by atoms with Crippen LogP contribution in [0.3, 0.4) is 0 Å². The van der Waals surface area contributed by atoms with Gasteiger partial charge in [-0.2, -0.15) is 0 Å². The van der Waals surface area contributed by atoms with E-state index in [1.54, 1.807) is 0 Å². The summed E-state index contributed by atoms with van der Waals surface area (Å²) in [6, 6.07) is 0. The van der Waals surface area contributed by atoms with Gasteiger partial charge in [0.2, 0.25) is 5.91 Å². The van der Waals surface area contributed by atoms with Crippen molar-refractivity contribution in [1.82, 2.24) is 20.0 Å². The van der Waals surface area contributed by atoms with Crippen molar-refractivity contribution < 1.29 is 14.4 Å². The number of hydrogen-bond acceptors (Lipinski definition) is 4. The van der Waals surface area contributed by atoms with Gasteiger partial charge in [-0.15, -0.1) is 12.4 Å². The standard InChI is InChI=1S/C16H28N4O3.ClH/c1-3-17-11-13-5-7-19(8-6-13)14(21)12-20-10-9-18(4-2)15(22)16(20)23;/h13,17H,3-12H2,1-2H3;1H. The third kappa shape index (κ3) is 5.08. The Morgan fingerprint density at radius 2 is 1.62 bits per heavy atom. The zero-order chi connectivity index (χ0) is 16.8. The second kappa shape index (κ2) is 9.84. The summed E-state index contributed by atoms with van der Waals surface area (Å²) >= 11 is 0. The lowest BCUT2D eigenvalue weighted by atomic mass is 9.96. The highest BCUT2D eigenvalue weighted by Crippen LogP contribution is 2.17. The van der Waals surface area contributed by atoms with Crippen LogP contribution in [0.2, 0.25) is 0 Å². The SMILES string of the molecule is CCNCC1CCN(C(=O)CN2CCN(CC)C(=O)C2=O)CC1.Cl. The summed E-state index contributed by atoms with van der Waals surface area (Å²) in [5.74, 6) is -0.460. The van der Waals surface area contributed by atoms with Crippen LogP contribution >= 0.6 is 12.4 Å². The molecule has 2 fully saturated rings. The molecule has 0 bridgehead atoms. The Morgan fingerprint density at radius 1 is 1.04 bits per heavy atom. The first-order chi connectivity index (χ1) is 11.1. The zero-order valence-electron chi connectivity index (χ0n) is 14.6. The lowest BCUT2D eigenvalue weighted by Gasteiger charge is -2.36. The van der Waals surface area contributed by atoms with Crippen LogP contribution in [-0.4, -0.2) is 84.8 Å². The lowest BCUT2D eigenvalue weighted by molar-refractivity contribution is -0.157. The van der Waals surface area contributed by atoms with E-state index in [9.17, 15) is 14.4 Å². The summed E-state index contributed by atoms with van der Waals surface area (Å²) in [6.45, 7) is 8.92. The maximum absolute atomic E-state index is 12.4. The van der Waals surface area contributed by atoms with E-state index in [0.29, 0.717) is 25.6 Å². The molecule has 8 heteroatoms. The van der Waals surface area contributed by atoms with E-state index in [2.05, 4.69) is 12.2 Å². The molecule has 2 saturated heterocycles. The normalized spacial score (nSPS) is 19.5. The molecule has 1 N–H and O–H groups in total. The molecule has 0 aromatic carbocycles. The van der Waals surface area contributed by atoms with Crippen molar-refractivity contribution in [3.63, 3.8) is 0 Å². The van der Waals surface area contributed by atoms with Crippen LogP contribution in [-0.2, 0) is 14.4 Å². The molecular formula is C16H29ClN4O3. The minimum atomic E-state index is -0.548. The van der Waals surface area contributed by atoms with Gasteiger partial charge >= 0.3 is 11.8 Å². The fourth-order valence-electron chi connectivity index (χ4n) is 3.17. The topological polar surface area (TPSA) is 73.0 Å². The molecule has 0 atom stereocenters. The van der Waals surface area contributed by atoms with Crippen LogP contribution in [0.1, 0.15) is 26.7 Å². The molecule has 24 heavy (non-hydrogen) atoms. The van der Waals surface area contributed by atoms with Crippen molar-refractivity contribution in [3.05, 3.63) is 0 Å². The van der Waals surface area contributed by atoms with Crippen molar-refractivity contribution >= 4 is 30.1 Å². The smallest absolute Gasteiger partial charge is 0.312 e. The molecule has 0 spiro atoms. The van der Waals surface area contributed by atoms with Gasteiger partial charge in [-0.3, -0.25) is 14.4 Å². The Labute approximate surface area is 150 Å². The van der Waals surface area contributed by atoms with Crippen LogP contribution in [0.4, 0.5) is 0 Å². The number of halogens is 1. The summed E-state index contributed by atoms with van der Waals surface area (Å²) in [7, 11) is 0. The molecule has 2 aliphatic heterocycles. The van der Waals surface area contributed by atoms with E-state index in [1.807, 2.05) is 11.8 Å².